The Labute approximate surface area is 169 Å². The lowest BCUT2D eigenvalue weighted by Gasteiger charge is -2.15. The van der Waals surface area contributed by atoms with Crippen molar-refractivity contribution in [2.45, 2.75) is 12.4 Å². The number of nitrogens with zero attached hydrogens (tertiary/aromatic N) is 5. The number of ether oxygens (including phenoxy) is 2. The highest BCUT2D eigenvalue weighted by molar-refractivity contribution is 5.53. The fraction of sp³-hybridized carbons (Fsp3) is 0.294. The first-order chi connectivity index (χ1) is 14.4. The molecule has 0 spiro atoms. The molecule has 0 fully saturated rings. The van der Waals surface area contributed by atoms with Crippen LogP contribution in [0.25, 0.3) is 17.1 Å². The second kappa shape index (κ2) is 8.28. The lowest BCUT2D eigenvalue weighted by molar-refractivity contribution is -0.155. The van der Waals surface area contributed by atoms with Gasteiger partial charge in [0, 0.05) is 13.1 Å². The van der Waals surface area contributed by atoms with E-state index in [1.54, 1.807) is 7.05 Å². The van der Waals surface area contributed by atoms with Crippen LogP contribution < -0.4 is 15.0 Å². The zero-order valence-electron chi connectivity index (χ0n) is 15.6. The first-order valence-electron chi connectivity index (χ1n) is 8.42. The van der Waals surface area contributed by atoms with Crippen LogP contribution in [0.15, 0.2) is 41.3 Å². The maximum Gasteiger partial charge on any atom is 0.422 e. The highest BCUT2D eigenvalue weighted by Crippen LogP contribution is 2.24. The first-order valence-corrected chi connectivity index (χ1v) is 8.42. The van der Waals surface area contributed by atoms with Crippen LogP contribution in [0.4, 0.5) is 26.3 Å². The number of aromatic nitrogens is 5. The van der Waals surface area contributed by atoms with E-state index >= 15 is 0 Å². The minimum atomic E-state index is -4.71. The third-order valence-electron chi connectivity index (χ3n) is 3.62. The molecule has 2 heterocycles. The Morgan fingerprint density at radius 2 is 1.55 bits per heavy atom. The van der Waals surface area contributed by atoms with Crippen LogP contribution in [-0.2, 0) is 7.05 Å². The summed E-state index contributed by atoms with van der Waals surface area (Å²) in [6.07, 6.45) is -7.86. The van der Waals surface area contributed by atoms with Crippen LogP contribution in [-0.4, -0.2) is 50.1 Å². The molecule has 166 valence electrons. The Balaban J connectivity index is 1.98. The van der Waals surface area contributed by atoms with E-state index in [9.17, 15) is 31.1 Å². The van der Waals surface area contributed by atoms with E-state index in [4.69, 9.17) is 4.74 Å². The molecule has 0 saturated carbocycles. The molecule has 0 amide bonds. The smallest absolute Gasteiger partial charge is 0.422 e. The molecule has 0 unspecified atom stereocenters. The van der Waals surface area contributed by atoms with Crippen LogP contribution in [0.1, 0.15) is 0 Å². The molecule has 31 heavy (non-hydrogen) atoms. The number of halogens is 6. The number of rotatable bonds is 6. The minimum Gasteiger partial charge on any atom is -0.484 e. The maximum atomic E-state index is 12.7. The van der Waals surface area contributed by atoms with Crippen LogP contribution in [0, 0.1) is 0 Å². The van der Waals surface area contributed by atoms with Crippen molar-refractivity contribution in [3.8, 4) is 28.8 Å². The highest BCUT2D eigenvalue weighted by Gasteiger charge is 2.30. The summed E-state index contributed by atoms with van der Waals surface area (Å²) >= 11 is 0. The van der Waals surface area contributed by atoms with Crippen LogP contribution in [0.5, 0.6) is 11.8 Å². The third-order valence-corrected chi connectivity index (χ3v) is 3.62. The molecule has 0 aliphatic rings. The minimum absolute atomic E-state index is 0.000251. The van der Waals surface area contributed by atoms with Gasteiger partial charge in [0.05, 0.1) is 11.9 Å². The lowest BCUT2D eigenvalue weighted by atomic mass is 10.3. The van der Waals surface area contributed by atoms with E-state index in [0.717, 1.165) is 22.8 Å². The summed E-state index contributed by atoms with van der Waals surface area (Å²) < 4.78 is 86.1. The summed E-state index contributed by atoms with van der Waals surface area (Å²) in [5, 5.41) is 7.41. The zero-order chi connectivity index (χ0) is 22.8. The topological polar surface area (TPSA) is 84.1 Å². The molecule has 0 saturated heterocycles. The largest absolute Gasteiger partial charge is 0.484 e. The quantitative estimate of drug-likeness (QED) is 0.539. The van der Waals surface area contributed by atoms with Gasteiger partial charge in [-0.05, 0) is 24.3 Å². The van der Waals surface area contributed by atoms with Crippen LogP contribution >= 0.6 is 0 Å². The molecule has 2 aromatic heterocycles. The Morgan fingerprint density at radius 3 is 2.10 bits per heavy atom. The monoisotopic (exact) mass is 449 g/mol. The van der Waals surface area contributed by atoms with E-state index in [1.165, 1.54) is 23.0 Å². The van der Waals surface area contributed by atoms with Gasteiger partial charge >= 0.3 is 18.4 Å². The molecule has 3 rings (SSSR count). The van der Waals surface area contributed by atoms with Gasteiger partial charge in [-0.15, -0.1) is 5.10 Å². The number of alkyl halides is 6. The zero-order valence-corrected chi connectivity index (χ0v) is 15.6. The summed E-state index contributed by atoms with van der Waals surface area (Å²) in [5.74, 6) is -0.156. The van der Waals surface area contributed by atoms with Crippen molar-refractivity contribution < 1.29 is 35.8 Å². The average Bonchev–Trinajstić information content (AvgIpc) is 3.10. The molecular formula is C17H13F6N5O3. The highest BCUT2D eigenvalue weighted by atomic mass is 19.4. The van der Waals surface area contributed by atoms with Gasteiger partial charge in [-0.3, -0.25) is 9.48 Å². The number of benzene rings is 1. The number of hydrogen-bond donors (Lipinski definition) is 0. The first kappa shape index (κ1) is 22.1. The van der Waals surface area contributed by atoms with Crippen molar-refractivity contribution >= 4 is 0 Å². The Hall–Kier alpha value is -3.58. The fourth-order valence-electron chi connectivity index (χ4n) is 2.39. The van der Waals surface area contributed by atoms with E-state index in [-0.39, 0.29) is 22.8 Å². The predicted molar refractivity (Wildman–Crippen MR) is 92.9 cm³/mol. The van der Waals surface area contributed by atoms with E-state index in [1.807, 2.05) is 0 Å². The Kier molecular flexibility index (Phi) is 5.90. The molecule has 14 heteroatoms. The SMILES string of the molecule is Cn1cc(-c2cc(=O)n(-c3ccc(OCC(F)(F)F)cc3)c(OCC(F)(F)F)n2)nn1. The summed E-state index contributed by atoms with van der Waals surface area (Å²) in [4.78, 5) is 16.6. The van der Waals surface area contributed by atoms with Gasteiger partial charge in [0.15, 0.2) is 13.2 Å². The number of aryl methyl sites for hydroxylation is 1. The molecule has 0 N–H and O–H groups in total. The number of hydrogen-bond acceptors (Lipinski definition) is 6. The molecular weight excluding hydrogens is 436 g/mol. The Morgan fingerprint density at radius 1 is 0.935 bits per heavy atom. The van der Waals surface area contributed by atoms with Crippen molar-refractivity contribution in [2.75, 3.05) is 13.2 Å². The molecule has 3 aromatic rings. The van der Waals surface area contributed by atoms with Crippen molar-refractivity contribution in [1.29, 1.82) is 0 Å². The third kappa shape index (κ3) is 5.96. The standard InChI is InChI=1S/C17H13F6N5O3/c1-27-7-13(25-26-27)12-6-14(29)28(15(24-12)31-9-17(21,22)23)10-2-4-11(5-3-10)30-8-16(18,19)20/h2-7H,8-9H2,1H3. The summed E-state index contributed by atoms with van der Waals surface area (Å²) in [6, 6.07) is 4.93. The van der Waals surface area contributed by atoms with Gasteiger partial charge < -0.3 is 9.47 Å². The van der Waals surface area contributed by atoms with Gasteiger partial charge in [0.2, 0.25) is 0 Å². The van der Waals surface area contributed by atoms with Crippen molar-refractivity contribution in [1.82, 2.24) is 24.5 Å². The molecule has 0 bridgehead atoms. The molecule has 8 nitrogen and oxygen atoms in total. The summed E-state index contributed by atoms with van der Waals surface area (Å²) in [5.41, 5.74) is -0.757. The van der Waals surface area contributed by atoms with E-state index < -0.39 is 37.1 Å². The van der Waals surface area contributed by atoms with E-state index in [2.05, 4.69) is 20.0 Å². The van der Waals surface area contributed by atoms with E-state index in [0.29, 0.717) is 0 Å². The average molecular weight is 449 g/mol. The van der Waals surface area contributed by atoms with Crippen molar-refractivity contribution in [3.63, 3.8) is 0 Å². The van der Waals surface area contributed by atoms with Crippen LogP contribution in [0.3, 0.4) is 0 Å². The molecule has 0 atom stereocenters. The molecule has 1 aromatic carbocycles. The summed E-state index contributed by atoms with van der Waals surface area (Å²) in [6.45, 7) is -3.25. The van der Waals surface area contributed by atoms with Gasteiger partial charge in [-0.1, -0.05) is 5.21 Å². The van der Waals surface area contributed by atoms with Crippen molar-refractivity contribution in [3.05, 3.63) is 46.9 Å². The second-order valence-corrected chi connectivity index (χ2v) is 6.18. The molecule has 0 aliphatic heterocycles. The Bertz CT molecular complexity index is 1110. The molecule has 0 aliphatic carbocycles. The van der Waals surface area contributed by atoms with Gasteiger partial charge in [0.1, 0.15) is 17.1 Å². The van der Waals surface area contributed by atoms with Gasteiger partial charge in [-0.2, -0.15) is 31.3 Å². The fourth-order valence-corrected chi connectivity index (χ4v) is 2.39. The lowest BCUT2D eigenvalue weighted by Crippen LogP contribution is -2.26. The van der Waals surface area contributed by atoms with Gasteiger partial charge in [-0.25, -0.2) is 4.57 Å². The normalized spacial score (nSPS) is 12.1. The maximum absolute atomic E-state index is 12.7. The predicted octanol–water partition coefficient (Wildman–Crippen LogP) is 2.91. The molecule has 0 radical (unpaired) electrons. The van der Waals surface area contributed by atoms with Crippen molar-refractivity contribution in [2.24, 2.45) is 7.05 Å². The van der Waals surface area contributed by atoms with Gasteiger partial charge in [0.25, 0.3) is 5.56 Å². The second-order valence-electron chi connectivity index (χ2n) is 6.18. The summed E-state index contributed by atoms with van der Waals surface area (Å²) in [7, 11) is 1.54. The van der Waals surface area contributed by atoms with Crippen LogP contribution in [0.2, 0.25) is 0 Å².